The monoisotopic (exact) mass is 314 g/mol. The summed E-state index contributed by atoms with van der Waals surface area (Å²) in [5, 5.41) is 0.596. The minimum absolute atomic E-state index is 0.470. The lowest BCUT2D eigenvalue weighted by atomic mass is 10.1. The lowest BCUT2D eigenvalue weighted by molar-refractivity contribution is 0.299. The Labute approximate surface area is 138 Å². The van der Waals surface area contributed by atoms with E-state index in [1.807, 2.05) is 25.1 Å². The second-order valence-electron chi connectivity index (χ2n) is 5.44. The number of aryl methyl sites for hydroxylation is 3. The Kier molecular flexibility index (Phi) is 5.56. The molecular weight excluding hydrogens is 292 g/mol. The SMILES string of the molecule is CCC(=S)Oc1cccc(C)c1COc1ccc(C)cc1C. The Morgan fingerprint density at radius 3 is 2.45 bits per heavy atom. The molecule has 0 atom stereocenters. The van der Waals surface area contributed by atoms with Gasteiger partial charge in [-0.3, -0.25) is 0 Å². The highest BCUT2D eigenvalue weighted by Crippen LogP contribution is 2.26. The van der Waals surface area contributed by atoms with Crippen LogP contribution < -0.4 is 9.47 Å². The molecule has 0 radical (unpaired) electrons. The first kappa shape index (κ1) is 16.5. The molecular formula is C19H22O2S. The van der Waals surface area contributed by atoms with E-state index < -0.39 is 0 Å². The van der Waals surface area contributed by atoms with Crippen LogP contribution in [0.1, 0.15) is 35.6 Å². The molecule has 2 aromatic rings. The summed E-state index contributed by atoms with van der Waals surface area (Å²) in [6.07, 6.45) is 0.723. The van der Waals surface area contributed by atoms with Crippen LogP contribution in [0, 0.1) is 20.8 Å². The summed E-state index contributed by atoms with van der Waals surface area (Å²) in [6, 6.07) is 12.2. The first-order valence-electron chi connectivity index (χ1n) is 7.50. The van der Waals surface area contributed by atoms with Crippen LogP contribution in [0.2, 0.25) is 0 Å². The fraction of sp³-hybridized carbons (Fsp3) is 0.316. The van der Waals surface area contributed by atoms with Crippen molar-refractivity contribution in [2.45, 2.75) is 40.7 Å². The number of benzene rings is 2. The van der Waals surface area contributed by atoms with Crippen LogP contribution in [0.5, 0.6) is 11.5 Å². The van der Waals surface area contributed by atoms with Crippen molar-refractivity contribution in [2.24, 2.45) is 0 Å². The van der Waals surface area contributed by atoms with Gasteiger partial charge in [-0.15, -0.1) is 0 Å². The second-order valence-corrected chi connectivity index (χ2v) is 5.89. The van der Waals surface area contributed by atoms with Gasteiger partial charge in [-0.1, -0.05) is 36.8 Å². The molecule has 0 N–H and O–H groups in total. The predicted molar refractivity (Wildman–Crippen MR) is 94.9 cm³/mol. The third kappa shape index (κ3) is 4.08. The molecule has 0 unspecified atom stereocenters. The lowest BCUT2D eigenvalue weighted by Crippen LogP contribution is -2.08. The minimum atomic E-state index is 0.470. The molecule has 0 saturated carbocycles. The van der Waals surface area contributed by atoms with Gasteiger partial charge in [0, 0.05) is 12.0 Å². The Bertz CT molecular complexity index is 677. The molecule has 0 fully saturated rings. The first-order chi connectivity index (χ1) is 10.5. The molecule has 116 valence electrons. The maximum atomic E-state index is 5.99. The first-order valence-corrected chi connectivity index (χ1v) is 7.91. The van der Waals surface area contributed by atoms with E-state index in [2.05, 4.69) is 39.0 Å². The van der Waals surface area contributed by atoms with E-state index in [0.717, 1.165) is 34.6 Å². The average Bonchev–Trinajstić information content (AvgIpc) is 2.48. The molecule has 2 nitrogen and oxygen atoms in total. The minimum Gasteiger partial charge on any atom is -0.488 e. The zero-order valence-corrected chi connectivity index (χ0v) is 14.4. The van der Waals surface area contributed by atoms with Gasteiger partial charge in [0.15, 0.2) is 5.05 Å². The quantitative estimate of drug-likeness (QED) is 0.697. The highest BCUT2D eigenvalue weighted by molar-refractivity contribution is 7.80. The molecule has 22 heavy (non-hydrogen) atoms. The molecule has 0 aliphatic carbocycles. The second kappa shape index (κ2) is 7.41. The van der Waals surface area contributed by atoms with Gasteiger partial charge in [0.1, 0.15) is 18.1 Å². The number of rotatable bonds is 5. The Hall–Kier alpha value is -1.87. The number of hydrogen-bond donors (Lipinski definition) is 0. The summed E-state index contributed by atoms with van der Waals surface area (Å²) in [5.74, 6) is 1.69. The van der Waals surface area contributed by atoms with Gasteiger partial charge >= 0.3 is 0 Å². The van der Waals surface area contributed by atoms with Gasteiger partial charge < -0.3 is 9.47 Å². The van der Waals surface area contributed by atoms with Gasteiger partial charge in [-0.25, -0.2) is 0 Å². The van der Waals surface area contributed by atoms with Crippen molar-refractivity contribution < 1.29 is 9.47 Å². The number of ether oxygens (including phenoxy) is 2. The van der Waals surface area contributed by atoms with Gasteiger partial charge in [0.05, 0.1) is 0 Å². The maximum absolute atomic E-state index is 5.99. The zero-order valence-electron chi connectivity index (χ0n) is 13.6. The van der Waals surface area contributed by atoms with Crippen molar-refractivity contribution in [1.29, 1.82) is 0 Å². The Morgan fingerprint density at radius 1 is 1.00 bits per heavy atom. The average molecular weight is 314 g/mol. The lowest BCUT2D eigenvalue weighted by Gasteiger charge is -2.15. The highest BCUT2D eigenvalue weighted by Gasteiger charge is 2.10. The summed E-state index contributed by atoms with van der Waals surface area (Å²) in [6.45, 7) is 8.66. The van der Waals surface area contributed by atoms with E-state index in [1.165, 1.54) is 5.56 Å². The van der Waals surface area contributed by atoms with E-state index >= 15 is 0 Å². The molecule has 3 heteroatoms. The molecule has 0 amide bonds. The third-order valence-electron chi connectivity index (χ3n) is 3.58. The van der Waals surface area contributed by atoms with Crippen LogP contribution in [0.4, 0.5) is 0 Å². The molecule has 0 spiro atoms. The molecule has 0 aliphatic heterocycles. The van der Waals surface area contributed by atoms with Crippen LogP contribution in [0.25, 0.3) is 0 Å². The molecule has 0 bridgehead atoms. The molecule has 0 saturated heterocycles. The van der Waals surface area contributed by atoms with Crippen LogP contribution in [0.15, 0.2) is 36.4 Å². The van der Waals surface area contributed by atoms with Crippen molar-refractivity contribution in [2.75, 3.05) is 0 Å². The molecule has 2 rings (SSSR count). The standard InChI is InChI=1S/C19H22O2S/c1-5-19(22)21-18-8-6-7-14(3)16(18)12-20-17-10-9-13(2)11-15(17)4/h6-11H,5,12H2,1-4H3. The predicted octanol–water partition coefficient (Wildman–Crippen LogP) is 5.31. The molecule has 2 aromatic carbocycles. The molecule has 0 heterocycles. The van der Waals surface area contributed by atoms with Crippen molar-refractivity contribution in [3.63, 3.8) is 0 Å². The summed E-state index contributed by atoms with van der Waals surface area (Å²) < 4.78 is 11.8. The summed E-state index contributed by atoms with van der Waals surface area (Å²) in [4.78, 5) is 0. The number of thiocarbonyl (C=S) groups is 1. The van der Waals surface area contributed by atoms with Crippen molar-refractivity contribution >= 4 is 17.3 Å². The van der Waals surface area contributed by atoms with Crippen LogP contribution in [-0.2, 0) is 6.61 Å². The maximum Gasteiger partial charge on any atom is 0.167 e. The van der Waals surface area contributed by atoms with Gasteiger partial charge in [-0.05, 0) is 56.2 Å². The highest BCUT2D eigenvalue weighted by atomic mass is 32.1. The smallest absolute Gasteiger partial charge is 0.167 e. The molecule has 0 aliphatic rings. The van der Waals surface area contributed by atoms with Gasteiger partial charge in [-0.2, -0.15) is 0 Å². The van der Waals surface area contributed by atoms with Crippen molar-refractivity contribution in [1.82, 2.24) is 0 Å². The largest absolute Gasteiger partial charge is 0.488 e. The van der Waals surface area contributed by atoms with E-state index in [4.69, 9.17) is 21.7 Å². The van der Waals surface area contributed by atoms with Gasteiger partial charge in [0.2, 0.25) is 0 Å². The van der Waals surface area contributed by atoms with Crippen LogP contribution >= 0.6 is 12.2 Å². The van der Waals surface area contributed by atoms with Crippen molar-refractivity contribution in [3.05, 3.63) is 58.7 Å². The van der Waals surface area contributed by atoms with Gasteiger partial charge in [0.25, 0.3) is 0 Å². The van der Waals surface area contributed by atoms with Crippen LogP contribution in [0.3, 0.4) is 0 Å². The van der Waals surface area contributed by atoms with E-state index in [1.54, 1.807) is 0 Å². The summed E-state index contributed by atoms with van der Waals surface area (Å²) in [7, 11) is 0. The zero-order chi connectivity index (χ0) is 16.1. The summed E-state index contributed by atoms with van der Waals surface area (Å²) >= 11 is 5.19. The topological polar surface area (TPSA) is 18.5 Å². The Balaban J connectivity index is 2.19. The normalized spacial score (nSPS) is 10.4. The summed E-state index contributed by atoms with van der Waals surface area (Å²) in [5.41, 5.74) is 4.55. The fourth-order valence-electron chi connectivity index (χ4n) is 2.26. The van der Waals surface area contributed by atoms with E-state index in [9.17, 15) is 0 Å². The Morgan fingerprint density at radius 2 is 1.77 bits per heavy atom. The van der Waals surface area contributed by atoms with E-state index in [-0.39, 0.29) is 0 Å². The van der Waals surface area contributed by atoms with Crippen LogP contribution in [-0.4, -0.2) is 5.05 Å². The fourth-order valence-corrected chi connectivity index (χ4v) is 2.35. The third-order valence-corrected chi connectivity index (χ3v) is 3.95. The van der Waals surface area contributed by atoms with Crippen molar-refractivity contribution in [3.8, 4) is 11.5 Å². The number of hydrogen-bond acceptors (Lipinski definition) is 3. The van der Waals surface area contributed by atoms with E-state index in [0.29, 0.717) is 11.7 Å². The molecule has 0 aromatic heterocycles.